The lowest BCUT2D eigenvalue weighted by molar-refractivity contribution is 0.205. The van der Waals surface area contributed by atoms with Crippen LogP contribution >= 0.6 is 15.9 Å². The standard InChI is InChI=1S/C10H21BrN2/c1-5-13(6-9(2)11)8-10(3,4)7-12/h2,5-8,12H2,1,3-4H3. The second-order valence-corrected chi connectivity index (χ2v) is 5.31. The normalized spacial score (nSPS) is 12.2. The maximum atomic E-state index is 5.68. The summed E-state index contributed by atoms with van der Waals surface area (Å²) in [5, 5.41) is 0. The van der Waals surface area contributed by atoms with Crippen LogP contribution in [0.1, 0.15) is 20.8 Å². The molecule has 3 heteroatoms. The van der Waals surface area contributed by atoms with Gasteiger partial charge in [-0.05, 0) is 18.5 Å². The van der Waals surface area contributed by atoms with Gasteiger partial charge in [0.15, 0.2) is 0 Å². The van der Waals surface area contributed by atoms with Crippen molar-refractivity contribution in [2.75, 3.05) is 26.2 Å². The zero-order valence-electron chi connectivity index (χ0n) is 8.94. The Labute approximate surface area is 90.3 Å². The van der Waals surface area contributed by atoms with Gasteiger partial charge in [0.25, 0.3) is 0 Å². The monoisotopic (exact) mass is 248 g/mol. The molecule has 0 aliphatic heterocycles. The van der Waals surface area contributed by atoms with E-state index in [9.17, 15) is 0 Å². The minimum absolute atomic E-state index is 0.193. The van der Waals surface area contributed by atoms with Gasteiger partial charge >= 0.3 is 0 Å². The van der Waals surface area contributed by atoms with Crippen LogP contribution in [0.4, 0.5) is 0 Å². The van der Waals surface area contributed by atoms with Crippen molar-refractivity contribution < 1.29 is 0 Å². The highest BCUT2D eigenvalue weighted by atomic mass is 79.9. The second kappa shape index (κ2) is 5.78. The zero-order valence-corrected chi connectivity index (χ0v) is 10.5. The predicted molar refractivity (Wildman–Crippen MR) is 63.0 cm³/mol. The summed E-state index contributed by atoms with van der Waals surface area (Å²) in [6, 6.07) is 0. The molecule has 0 aromatic rings. The van der Waals surface area contributed by atoms with Gasteiger partial charge in [0.2, 0.25) is 0 Å². The average Bonchev–Trinajstić information content (AvgIpc) is 2.02. The molecule has 78 valence electrons. The van der Waals surface area contributed by atoms with Gasteiger partial charge in [-0.3, -0.25) is 4.90 Å². The van der Waals surface area contributed by atoms with E-state index in [0.29, 0.717) is 0 Å². The van der Waals surface area contributed by atoms with Gasteiger partial charge in [-0.1, -0.05) is 43.3 Å². The van der Waals surface area contributed by atoms with Crippen molar-refractivity contribution in [3.05, 3.63) is 11.1 Å². The van der Waals surface area contributed by atoms with E-state index in [2.05, 4.69) is 48.2 Å². The van der Waals surface area contributed by atoms with E-state index in [-0.39, 0.29) is 5.41 Å². The van der Waals surface area contributed by atoms with Gasteiger partial charge in [-0.25, -0.2) is 0 Å². The van der Waals surface area contributed by atoms with Crippen LogP contribution in [0, 0.1) is 5.41 Å². The Bertz CT molecular complexity index is 166. The quantitative estimate of drug-likeness (QED) is 0.782. The molecule has 0 bridgehead atoms. The molecule has 0 saturated carbocycles. The molecule has 0 aromatic carbocycles. The summed E-state index contributed by atoms with van der Waals surface area (Å²) in [6.45, 7) is 14.0. The van der Waals surface area contributed by atoms with E-state index in [1.807, 2.05) is 0 Å². The molecule has 0 spiro atoms. The van der Waals surface area contributed by atoms with Gasteiger partial charge < -0.3 is 5.73 Å². The molecule has 0 unspecified atom stereocenters. The van der Waals surface area contributed by atoms with Crippen LogP contribution in [0.2, 0.25) is 0 Å². The van der Waals surface area contributed by atoms with Crippen molar-refractivity contribution in [2.24, 2.45) is 11.1 Å². The van der Waals surface area contributed by atoms with Crippen LogP contribution in [0.25, 0.3) is 0 Å². The van der Waals surface area contributed by atoms with Crippen LogP contribution in [-0.4, -0.2) is 31.1 Å². The maximum absolute atomic E-state index is 5.68. The third-order valence-electron chi connectivity index (χ3n) is 2.05. The topological polar surface area (TPSA) is 29.3 Å². The summed E-state index contributed by atoms with van der Waals surface area (Å²) in [6.07, 6.45) is 0. The Morgan fingerprint density at radius 3 is 2.38 bits per heavy atom. The SMILES string of the molecule is C=C(Br)CN(CC)CC(C)(C)CN. The molecule has 0 saturated heterocycles. The molecular formula is C10H21BrN2. The number of hydrogen-bond acceptors (Lipinski definition) is 2. The lowest BCUT2D eigenvalue weighted by atomic mass is 9.93. The van der Waals surface area contributed by atoms with Crippen LogP contribution in [0.15, 0.2) is 11.1 Å². The van der Waals surface area contributed by atoms with E-state index in [1.54, 1.807) is 0 Å². The van der Waals surface area contributed by atoms with Crippen LogP contribution in [0.5, 0.6) is 0 Å². The molecule has 2 N–H and O–H groups in total. The first kappa shape index (κ1) is 13.1. The average molecular weight is 249 g/mol. The lowest BCUT2D eigenvalue weighted by Crippen LogP contribution is -2.39. The Balaban J connectivity index is 4.04. The van der Waals surface area contributed by atoms with Gasteiger partial charge in [0.1, 0.15) is 0 Å². The summed E-state index contributed by atoms with van der Waals surface area (Å²) >= 11 is 3.38. The highest BCUT2D eigenvalue weighted by Gasteiger charge is 2.19. The Kier molecular flexibility index (Phi) is 5.85. The third kappa shape index (κ3) is 6.24. The molecule has 0 rings (SSSR count). The van der Waals surface area contributed by atoms with Crippen LogP contribution < -0.4 is 5.73 Å². The number of rotatable bonds is 6. The van der Waals surface area contributed by atoms with Crippen molar-refractivity contribution in [1.82, 2.24) is 4.90 Å². The first-order valence-corrected chi connectivity index (χ1v) is 5.46. The van der Waals surface area contributed by atoms with Crippen molar-refractivity contribution in [1.29, 1.82) is 0 Å². The van der Waals surface area contributed by atoms with E-state index in [4.69, 9.17) is 5.73 Å². The van der Waals surface area contributed by atoms with Gasteiger partial charge in [-0.2, -0.15) is 0 Å². The molecule has 0 fully saturated rings. The molecule has 13 heavy (non-hydrogen) atoms. The molecule has 0 atom stereocenters. The fraction of sp³-hybridized carbons (Fsp3) is 0.800. The first-order valence-electron chi connectivity index (χ1n) is 4.67. The highest BCUT2D eigenvalue weighted by molar-refractivity contribution is 9.11. The van der Waals surface area contributed by atoms with E-state index in [0.717, 1.165) is 30.7 Å². The van der Waals surface area contributed by atoms with Crippen LogP contribution in [-0.2, 0) is 0 Å². The highest BCUT2D eigenvalue weighted by Crippen LogP contribution is 2.16. The predicted octanol–water partition coefficient (Wildman–Crippen LogP) is 2.20. The van der Waals surface area contributed by atoms with Crippen LogP contribution in [0.3, 0.4) is 0 Å². The van der Waals surface area contributed by atoms with E-state index in [1.165, 1.54) is 0 Å². The minimum atomic E-state index is 0.193. The molecule has 0 heterocycles. The van der Waals surface area contributed by atoms with E-state index >= 15 is 0 Å². The van der Waals surface area contributed by atoms with Gasteiger partial charge in [-0.15, -0.1) is 0 Å². The van der Waals surface area contributed by atoms with Crippen molar-refractivity contribution in [3.8, 4) is 0 Å². The summed E-state index contributed by atoms with van der Waals surface area (Å²) in [5.74, 6) is 0. The molecule has 0 aliphatic rings. The van der Waals surface area contributed by atoms with Crippen molar-refractivity contribution >= 4 is 15.9 Å². The Morgan fingerprint density at radius 2 is 2.08 bits per heavy atom. The van der Waals surface area contributed by atoms with Crippen molar-refractivity contribution in [2.45, 2.75) is 20.8 Å². The number of likely N-dealkylation sites (N-methyl/N-ethyl adjacent to an activating group) is 1. The smallest absolute Gasteiger partial charge is 0.0294 e. The van der Waals surface area contributed by atoms with Crippen molar-refractivity contribution in [3.63, 3.8) is 0 Å². The molecular weight excluding hydrogens is 228 g/mol. The largest absolute Gasteiger partial charge is 0.330 e. The Morgan fingerprint density at radius 1 is 1.54 bits per heavy atom. The molecule has 0 aliphatic carbocycles. The second-order valence-electron chi connectivity index (χ2n) is 4.19. The minimum Gasteiger partial charge on any atom is -0.330 e. The molecule has 0 amide bonds. The fourth-order valence-corrected chi connectivity index (χ4v) is 1.55. The maximum Gasteiger partial charge on any atom is 0.0294 e. The zero-order chi connectivity index (χ0) is 10.5. The summed E-state index contributed by atoms with van der Waals surface area (Å²) in [5.41, 5.74) is 5.87. The third-order valence-corrected chi connectivity index (χ3v) is 2.30. The molecule has 2 nitrogen and oxygen atoms in total. The number of nitrogens with zero attached hydrogens (tertiary/aromatic N) is 1. The number of nitrogens with two attached hydrogens (primary N) is 1. The number of hydrogen-bond donors (Lipinski definition) is 1. The fourth-order valence-electron chi connectivity index (χ4n) is 1.19. The molecule has 0 radical (unpaired) electrons. The summed E-state index contributed by atoms with van der Waals surface area (Å²) in [7, 11) is 0. The lowest BCUT2D eigenvalue weighted by Gasteiger charge is -2.30. The van der Waals surface area contributed by atoms with Gasteiger partial charge in [0.05, 0.1) is 0 Å². The van der Waals surface area contributed by atoms with Gasteiger partial charge in [0, 0.05) is 17.6 Å². The molecule has 0 aromatic heterocycles. The first-order chi connectivity index (χ1) is 5.91. The van der Waals surface area contributed by atoms with E-state index < -0.39 is 0 Å². The Hall–Kier alpha value is 0.140. The summed E-state index contributed by atoms with van der Waals surface area (Å²) in [4.78, 5) is 2.34. The number of halogens is 1. The summed E-state index contributed by atoms with van der Waals surface area (Å²) < 4.78 is 1.03.